The van der Waals surface area contributed by atoms with Crippen LogP contribution in [0.2, 0.25) is 5.02 Å². The Bertz CT molecular complexity index is 993. The molecule has 1 N–H and O–H groups in total. The van der Waals surface area contributed by atoms with Crippen LogP contribution in [0, 0.1) is 5.82 Å². The van der Waals surface area contributed by atoms with Gasteiger partial charge in [-0.1, -0.05) is 23.4 Å². The van der Waals surface area contributed by atoms with Gasteiger partial charge in [-0.2, -0.15) is 0 Å². The number of benzene rings is 2. The molecule has 1 aromatic heterocycles. The van der Waals surface area contributed by atoms with Gasteiger partial charge in [-0.15, -0.1) is 0 Å². The lowest BCUT2D eigenvalue weighted by Gasteiger charge is -2.14. The molecule has 142 valence electrons. The molecule has 2 aromatic carbocycles. The van der Waals surface area contributed by atoms with Gasteiger partial charge in [-0.25, -0.2) is 9.37 Å². The summed E-state index contributed by atoms with van der Waals surface area (Å²) in [5.74, 6) is 0.768. The summed E-state index contributed by atoms with van der Waals surface area (Å²) in [6.07, 6.45) is -0.691. The molecule has 0 amide bonds. The molecule has 27 heavy (non-hydrogen) atoms. The van der Waals surface area contributed by atoms with Gasteiger partial charge in [0.1, 0.15) is 11.6 Å². The molecule has 1 atom stereocenters. The number of aromatic nitrogens is 2. The first-order valence-corrected chi connectivity index (χ1v) is 9.70. The summed E-state index contributed by atoms with van der Waals surface area (Å²) in [5, 5.41) is 11.2. The number of rotatable bonds is 7. The van der Waals surface area contributed by atoms with Gasteiger partial charge in [-0.3, -0.25) is 9.36 Å². The topological polar surface area (TPSA) is 64.3 Å². The van der Waals surface area contributed by atoms with Crippen molar-refractivity contribution < 1.29 is 14.2 Å². The Morgan fingerprint density at radius 2 is 2.04 bits per heavy atom. The highest BCUT2D eigenvalue weighted by Gasteiger charge is 2.13. The van der Waals surface area contributed by atoms with Crippen LogP contribution < -0.4 is 10.3 Å². The van der Waals surface area contributed by atoms with Crippen LogP contribution in [0.3, 0.4) is 0 Å². The van der Waals surface area contributed by atoms with E-state index in [1.807, 2.05) is 0 Å². The van der Waals surface area contributed by atoms with Crippen molar-refractivity contribution in [3.05, 3.63) is 63.7 Å². The van der Waals surface area contributed by atoms with Crippen LogP contribution in [0.1, 0.15) is 6.92 Å². The number of hydrogen-bond donors (Lipinski definition) is 1. The molecule has 0 saturated heterocycles. The number of fused-ring (bicyclic) bond motifs is 1. The quantitative estimate of drug-likeness (QED) is 0.366. The number of halogens is 2. The Kier molecular flexibility index (Phi) is 6.36. The molecule has 0 bridgehead atoms. The molecule has 0 radical (unpaired) electrons. The largest absolute Gasteiger partial charge is 0.493 e. The van der Waals surface area contributed by atoms with Crippen molar-refractivity contribution in [3.8, 4) is 5.75 Å². The summed E-state index contributed by atoms with van der Waals surface area (Å²) in [7, 11) is 0. The maximum Gasteiger partial charge on any atom is 0.262 e. The van der Waals surface area contributed by atoms with Crippen LogP contribution in [0.4, 0.5) is 4.39 Å². The zero-order valence-electron chi connectivity index (χ0n) is 14.6. The van der Waals surface area contributed by atoms with E-state index >= 15 is 0 Å². The number of nitrogens with zero attached hydrogens (tertiary/aromatic N) is 2. The van der Waals surface area contributed by atoms with Gasteiger partial charge < -0.3 is 9.84 Å². The Hall–Kier alpha value is -2.09. The highest BCUT2D eigenvalue weighted by molar-refractivity contribution is 7.99. The first-order valence-electron chi connectivity index (χ1n) is 8.33. The summed E-state index contributed by atoms with van der Waals surface area (Å²) >= 11 is 7.36. The van der Waals surface area contributed by atoms with Crippen molar-refractivity contribution in [2.24, 2.45) is 0 Å². The smallest absolute Gasteiger partial charge is 0.262 e. The second kappa shape index (κ2) is 8.73. The molecule has 5 nitrogen and oxygen atoms in total. The van der Waals surface area contributed by atoms with E-state index in [0.29, 0.717) is 39.2 Å². The third-order valence-electron chi connectivity index (χ3n) is 3.73. The van der Waals surface area contributed by atoms with Crippen molar-refractivity contribution in [2.45, 2.75) is 24.7 Å². The molecule has 0 unspecified atom stereocenters. The van der Waals surface area contributed by atoms with Gasteiger partial charge in [0.2, 0.25) is 0 Å². The van der Waals surface area contributed by atoms with Gasteiger partial charge >= 0.3 is 0 Å². The first-order chi connectivity index (χ1) is 12.9. The molecule has 0 spiro atoms. The fraction of sp³-hybridized carbons (Fsp3) is 0.263. The fourth-order valence-corrected chi connectivity index (χ4v) is 3.52. The number of hydrogen-bond acceptors (Lipinski definition) is 5. The summed E-state index contributed by atoms with van der Waals surface area (Å²) in [5.41, 5.74) is 0.288. The average Bonchev–Trinajstić information content (AvgIpc) is 2.62. The van der Waals surface area contributed by atoms with Crippen LogP contribution in [0.25, 0.3) is 10.9 Å². The van der Waals surface area contributed by atoms with E-state index < -0.39 is 6.10 Å². The standard InChI is InChI=1S/C19H18ClFN2O3S/c1-12(24)11-23-18(25)16-7-2-13(20)10-17(16)22-19(23)27-9-8-26-15-5-3-14(21)4-6-15/h2-7,10,12,24H,8-9,11H2,1H3/t12-/m1/s1. The predicted molar refractivity (Wildman–Crippen MR) is 105 cm³/mol. The minimum absolute atomic E-state index is 0.144. The lowest BCUT2D eigenvalue weighted by molar-refractivity contribution is 0.168. The van der Waals surface area contributed by atoms with Crippen LogP contribution >= 0.6 is 23.4 Å². The van der Waals surface area contributed by atoms with Crippen LogP contribution in [-0.2, 0) is 6.54 Å². The monoisotopic (exact) mass is 408 g/mol. The second-order valence-corrected chi connectivity index (χ2v) is 7.47. The highest BCUT2D eigenvalue weighted by Crippen LogP contribution is 2.21. The fourth-order valence-electron chi connectivity index (χ4n) is 2.53. The molecule has 3 rings (SSSR count). The van der Waals surface area contributed by atoms with Crippen molar-refractivity contribution >= 4 is 34.3 Å². The lowest BCUT2D eigenvalue weighted by atomic mass is 10.2. The molecular weight excluding hydrogens is 391 g/mol. The lowest BCUT2D eigenvalue weighted by Crippen LogP contribution is -2.28. The van der Waals surface area contributed by atoms with Crippen LogP contribution in [0.5, 0.6) is 5.75 Å². The Labute approximate surface area is 164 Å². The molecule has 0 aliphatic rings. The normalized spacial score (nSPS) is 12.3. The molecule has 0 aliphatic carbocycles. The minimum Gasteiger partial charge on any atom is -0.493 e. The molecule has 0 saturated carbocycles. The van der Waals surface area contributed by atoms with E-state index in [9.17, 15) is 14.3 Å². The molecule has 0 aliphatic heterocycles. The van der Waals surface area contributed by atoms with E-state index in [1.54, 1.807) is 37.3 Å². The van der Waals surface area contributed by atoms with Gasteiger partial charge in [0.15, 0.2) is 5.16 Å². The van der Waals surface area contributed by atoms with Crippen LogP contribution in [-0.4, -0.2) is 33.1 Å². The van der Waals surface area contributed by atoms with Crippen LogP contribution in [0.15, 0.2) is 52.4 Å². The summed E-state index contributed by atoms with van der Waals surface area (Å²) in [6, 6.07) is 10.7. The third-order valence-corrected chi connectivity index (χ3v) is 4.90. The van der Waals surface area contributed by atoms with Gasteiger partial charge in [-0.05, 0) is 49.4 Å². The molecule has 8 heteroatoms. The Balaban J connectivity index is 1.78. The predicted octanol–water partition coefficient (Wildman–Crippen LogP) is 3.74. The van der Waals surface area contributed by atoms with E-state index in [1.165, 1.54) is 28.5 Å². The van der Waals surface area contributed by atoms with Crippen molar-refractivity contribution in [2.75, 3.05) is 12.4 Å². The average molecular weight is 409 g/mol. The summed E-state index contributed by atoms with van der Waals surface area (Å²) < 4.78 is 19.9. The van der Waals surface area contributed by atoms with Crippen molar-refractivity contribution in [1.82, 2.24) is 9.55 Å². The van der Waals surface area contributed by atoms with Gasteiger partial charge in [0.25, 0.3) is 5.56 Å². The Morgan fingerprint density at radius 1 is 1.30 bits per heavy atom. The van der Waals surface area contributed by atoms with Crippen molar-refractivity contribution in [3.63, 3.8) is 0 Å². The number of thioether (sulfide) groups is 1. The zero-order valence-corrected chi connectivity index (χ0v) is 16.1. The number of aliphatic hydroxyl groups excluding tert-OH is 1. The summed E-state index contributed by atoms with van der Waals surface area (Å²) in [4.78, 5) is 17.3. The third kappa shape index (κ3) is 5.00. The SMILES string of the molecule is C[C@@H](O)Cn1c(SCCOc2ccc(F)cc2)nc2cc(Cl)ccc2c1=O. The van der Waals surface area contributed by atoms with E-state index in [0.717, 1.165) is 0 Å². The van der Waals surface area contributed by atoms with Crippen molar-refractivity contribution in [1.29, 1.82) is 0 Å². The molecular formula is C19H18ClFN2O3S. The van der Waals surface area contributed by atoms with Gasteiger partial charge in [0.05, 0.1) is 30.2 Å². The Morgan fingerprint density at radius 3 is 2.74 bits per heavy atom. The van der Waals surface area contributed by atoms with Gasteiger partial charge in [0, 0.05) is 10.8 Å². The summed E-state index contributed by atoms with van der Waals surface area (Å²) in [6.45, 7) is 2.12. The second-order valence-electron chi connectivity index (χ2n) is 5.97. The first kappa shape index (κ1) is 19.7. The van der Waals surface area contributed by atoms with E-state index in [4.69, 9.17) is 16.3 Å². The number of aliphatic hydroxyl groups is 1. The molecule has 0 fully saturated rings. The molecule has 1 heterocycles. The maximum absolute atomic E-state index is 12.9. The highest BCUT2D eigenvalue weighted by atomic mass is 35.5. The maximum atomic E-state index is 12.9. The minimum atomic E-state index is -0.691. The zero-order chi connectivity index (χ0) is 19.4. The molecule has 3 aromatic rings. The van der Waals surface area contributed by atoms with E-state index in [2.05, 4.69) is 4.98 Å². The van der Waals surface area contributed by atoms with E-state index in [-0.39, 0.29) is 17.9 Å². The number of ether oxygens (including phenoxy) is 1.